The van der Waals surface area contributed by atoms with Gasteiger partial charge in [0.2, 0.25) is 0 Å². The molecule has 1 aromatic rings. The molecule has 2 atom stereocenters. The van der Waals surface area contributed by atoms with Crippen molar-refractivity contribution in [3.63, 3.8) is 0 Å². The summed E-state index contributed by atoms with van der Waals surface area (Å²) in [6.45, 7) is 0.554. The predicted molar refractivity (Wildman–Crippen MR) is 57.0 cm³/mol. The lowest BCUT2D eigenvalue weighted by atomic mass is 10.0. The van der Waals surface area contributed by atoms with Crippen LogP contribution in [0.15, 0.2) is 18.2 Å². The number of halogens is 1. The van der Waals surface area contributed by atoms with E-state index in [9.17, 15) is 9.18 Å². The van der Waals surface area contributed by atoms with E-state index in [0.29, 0.717) is 13.0 Å². The van der Waals surface area contributed by atoms with Crippen LogP contribution in [0.3, 0.4) is 0 Å². The second-order valence-corrected chi connectivity index (χ2v) is 4.55. The molecule has 3 nitrogen and oxygen atoms in total. The Hall–Kier alpha value is -1.58. The van der Waals surface area contributed by atoms with Gasteiger partial charge in [-0.15, -0.1) is 0 Å². The van der Waals surface area contributed by atoms with Crippen LogP contribution in [0.25, 0.3) is 0 Å². The average molecular weight is 221 g/mol. The van der Waals surface area contributed by atoms with Gasteiger partial charge in [-0.1, -0.05) is 0 Å². The van der Waals surface area contributed by atoms with Crippen molar-refractivity contribution in [2.75, 3.05) is 11.4 Å². The molecule has 16 heavy (non-hydrogen) atoms. The summed E-state index contributed by atoms with van der Waals surface area (Å²) in [6, 6.07) is 5.01. The lowest BCUT2D eigenvalue weighted by molar-refractivity contribution is -0.141. The van der Waals surface area contributed by atoms with Crippen LogP contribution in [-0.4, -0.2) is 23.7 Å². The molecule has 0 spiro atoms. The maximum Gasteiger partial charge on any atom is 0.308 e. The van der Waals surface area contributed by atoms with E-state index in [1.807, 2.05) is 0 Å². The van der Waals surface area contributed by atoms with Crippen molar-refractivity contribution < 1.29 is 14.3 Å². The van der Waals surface area contributed by atoms with Crippen molar-refractivity contribution in [2.45, 2.75) is 18.9 Å². The van der Waals surface area contributed by atoms with Crippen molar-refractivity contribution in [2.24, 2.45) is 5.92 Å². The second-order valence-electron chi connectivity index (χ2n) is 4.55. The largest absolute Gasteiger partial charge is 0.481 e. The molecule has 3 rings (SSSR count). The van der Waals surface area contributed by atoms with E-state index in [0.717, 1.165) is 17.7 Å². The Balaban J connectivity index is 1.91. The average Bonchev–Trinajstić information content (AvgIpc) is 2.73. The van der Waals surface area contributed by atoms with Crippen LogP contribution >= 0.6 is 0 Å². The summed E-state index contributed by atoms with van der Waals surface area (Å²) < 4.78 is 13.0. The zero-order chi connectivity index (χ0) is 11.3. The fourth-order valence-electron chi connectivity index (χ4n) is 2.84. The van der Waals surface area contributed by atoms with Gasteiger partial charge in [0.15, 0.2) is 0 Å². The molecule has 2 aliphatic heterocycles. The number of aliphatic carboxylic acids is 1. The molecule has 4 heteroatoms. The Bertz CT molecular complexity index is 460. The molecule has 0 saturated carbocycles. The maximum absolute atomic E-state index is 13.0. The van der Waals surface area contributed by atoms with Gasteiger partial charge < -0.3 is 10.0 Å². The molecule has 84 valence electrons. The molecule has 0 radical (unpaired) electrons. The Morgan fingerprint density at radius 3 is 3.06 bits per heavy atom. The monoisotopic (exact) mass is 221 g/mol. The molecular formula is C12H12FNO2. The third-order valence-electron chi connectivity index (χ3n) is 3.57. The maximum atomic E-state index is 13.0. The van der Waals surface area contributed by atoms with Crippen molar-refractivity contribution in [1.82, 2.24) is 0 Å². The standard InChI is InChI=1S/C12H12FNO2/c13-9-1-2-11-7(3-9)4-10-5-8(12(15)16)6-14(10)11/h1-3,8,10H,4-6H2,(H,15,16). The summed E-state index contributed by atoms with van der Waals surface area (Å²) >= 11 is 0. The highest BCUT2D eigenvalue weighted by atomic mass is 19.1. The molecule has 1 aromatic carbocycles. The lowest BCUT2D eigenvalue weighted by Crippen LogP contribution is -2.25. The topological polar surface area (TPSA) is 40.5 Å². The summed E-state index contributed by atoms with van der Waals surface area (Å²) in [7, 11) is 0. The second kappa shape index (κ2) is 3.20. The molecule has 2 unspecified atom stereocenters. The number of rotatable bonds is 1. The number of hydrogen-bond acceptors (Lipinski definition) is 2. The van der Waals surface area contributed by atoms with Gasteiger partial charge >= 0.3 is 5.97 Å². The first-order chi connectivity index (χ1) is 7.65. The molecule has 2 heterocycles. The molecule has 1 saturated heterocycles. The van der Waals surface area contributed by atoms with Crippen LogP contribution in [0.5, 0.6) is 0 Å². The Kier molecular flexibility index (Phi) is 1.93. The summed E-state index contributed by atoms with van der Waals surface area (Å²) in [6.07, 6.45) is 1.45. The highest BCUT2D eigenvalue weighted by molar-refractivity contribution is 5.73. The number of carbonyl (C=O) groups is 1. The molecule has 0 aliphatic carbocycles. The van der Waals surface area contributed by atoms with Crippen molar-refractivity contribution in [3.8, 4) is 0 Å². The fraction of sp³-hybridized carbons (Fsp3) is 0.417. The first-order valence-electron chi connectivity index (χ1n) is 5.43. The van der Waals surface area contributed by atoms with Gasteiger partial charge in [-0.2, -0.15) is 0 Å². The van der Waals surface area contributed by atoms with Crippen LogP contribution in [0, 0.1) is 11.7 Å². The van der Waals surface area contributed by atoms with Gasteiger partial charge in [0.05, 0.1) is 5.92 Å². The van der Waals surface area contributed by atoms with E-state index in [-0.39, 0.29) is 17.8 Å². The van der Waals surface area contributed by atoms with Gasteiger partial charge in [0, 0.05) is 18.3 Å². The van der Waals surface area contributed by atoms with Crippen molar-refractivity contribution >= 4 is 11.7 Å². The number of benzene rings is 1. The Morgan fingerprint density at radius 1 is 1.50 bits per heavy atom. The third kappa shape index (κ3) is 1.29. The fourth-order valence-corrected chi connectivity index (χ4v) is 2.84. The Labute approximate surface area is 92.5 Å². The van der Waals surface area contributed by atoms with Crippen LogP contribution in [0.2, 0.25) is 0 Å². The molecule has 0 amide bonds. The highest BCUT2D eigenvalue weighted by Gasteiger charge is 2.40. The van der Waals surface area contributed by atoms with Crippen LogP contribution < -0.4 is 4.90 Å². The molecule has 1 N–H and O–H groups in total. The molecule has 0 bridgehead atoms. The summed E-state index contributed by atoms with van der Waals surface area (Å²) in [5.41, 5.74) is 2.02. The smallest absolute Gasteiger partial charge is 0.308 e. The van der Waals surface area contributed by atoms with Gasteiger partial charge in [-0.25, -0.2) is 4.39 Å². The SMILES string of the molecule is O=C(O)C1CC2Cc3cc(F)ccc3N2C1. The first-order valence-corrected chi connectivity index (χ1v) is 5.43. The van der Waals surface area contributed by atoms with Crippen molar-refractivity contribution in [1.29, 1.82) is 0 Å². The van der Waals surface area contributed by atoms with E-state index in [1.165, 1.54) is 6.07 Å². The van der Waals surface area contributed by atoms with Crippen molar-refractivity contribution in [3.05, 3.63) is 29.6 Å². The molecule has 2 aliphatic rings. The zero-order valence-corrected chi connectivity index (χ0v) is 8.69. The van der Waals surface area contributed by atoms with E-state index < -0.39 is 5.97 Å². The van der Waals surface area contributed by atoms with Crippen LogP contribution in [0.1, 0.15) is 12.0 Å². The van der Waals surface area contributed by atoms with Gasteiger partial charge in [-0.3, -0.25) is 4.79 Å². The van der Waals surface area contributed by atoms with E-state index >= 15 is 0 Å². The number of carboxylic acids is 1. The predicted octanol–water partition coefficient (Wildman–Crippen LogP) is 1.66. The normalized spacial score (nSPS) is 26.7. The number of hydrogen-bond donors (Lipinski definition) is 1. The number of nitrogens with zero attached hydrogens (tertiary/aromatic N) is 1. The highest BCUT2D eigenvalue weighted by Crippen LogP contribution is 2.39. The quantitative estimate of drug-likeness (QED) is 0.784. The minimum Gasteiger partial charge on any atom is -0.481 e. The summed E-state index contributed by atoms with van der Waals surface area (Å²) in [4.78, 5) is 13.0. The zero-order valence-electron chi connectivity index (χ0n) is 8.69. The number of carboxylic acid groups (broad SMARTS) is 1. The molecule has 0 aromatic heterocycles. The lowest BCUT2D eigenvalue weighted by Gasteiger charge is -2.18. The first kappa shape index (κ1) is 9.63. The van der Waals surface area contributed by atoms with Gasteiger partial charge in [0.25, 0.3) is 0 Å². The molecule has 1 fully saturated rings. The third-order valence-corrected chi connectivity index (χ3v) is 3.57. The Morgan fingerprint density at radius 2 is 2.31 bits per heavy atom. The van der Waals surface area contributed by atoms with Crippen LogP contribution in [0.4, 0.5) is 10.1 Å². The van der Waals surface area contributed by atoms with E-state index in [4.69, 9.17) is 5.11 Å². The minimum atomic E-state index is -0.724. The number of fused-ring (bicyclic) bond motifs is 3. The summed E-state index contributed by atoms with van der Waals surface area (Å²) in [5.74, 6) is -1.21. The molecular weight excluding hydrogens is 209 g/mol. The van der Waals surface area contributed by atoms with Gasteiger partial charge in [0.1, 0.15) is 5.82 Å². The van der Waals surface area contributed by atoms with Crippen LogP contribution in [-0.2, 0) is 11.2 Å². The minimum absolute atomic E-state index is 0.213. The number of anilines is 1. The van der Waals surface area contributed by atoms with E-state index in [1.54, 1.807) is 12.1 Å². The summed E-state index contributed by atoms with van der Waals surface area (Å²) in [5, 5.41) is 8.97. The van der Waals surface area contributed by atoms with E-state index in [2.05, 4.69) is 4.90 Å². The van der Waals surface area contributed by atoms with Gasteiger partial charge in [-0.05, 0) is 36.6 Å².